The minimum atomic E-state index is -3.59. The van der Waals surface area contributed by atoms with Gasteiger partial charge >= 0.3 is 0 Å². The Balaban J connectivity index is 1.83. The molecule has 1 N–H and O–H groups in total. The molecule has 1 aliphatic rings. The van der Waals surface area contributed by atoms with E-state index >= 15 is 0 Å². The third kappa shape index (κ3) is 4.10. The molecule has 1 amide bonds. The Morgan fingerprint density at radius 2 is 2.04 bits per heavy atom. The van der Waals surface area contributed by atoms with E-state index in [2.05, 4.69) is 4.72 Å². The molecule has 0 atom stereocenters. The molecule has 7 heteroatoms. The number of amides is 1. The maximum absolute atomic E-state index is 12.7. The van der Waals surface area contributed by atoms with Gasteiger partial charge in [-0.1, -0.05) is 33.8 Å². The summed E-state index contributed by atoms with van der Waals surface area (Å²) < 4.78 is 28.1. The van der Waals surface area contributed by atoms with E-state index in [4.69, 9.17) is 0 Å². The monoisotopic (exact) mass is 406 g/mol. The van der Waals surface area contributed by atoms with Crippen LogP contribution in [-0.2, 0) is 26.7 Å². The molecule has 0 bridgehead atoms. The van der Waals surface area contributed by atoms with E-state index in [0.29, 0.717) is 19.5 Å². The number of carbonyl (C=O) groups is 1. The van der Waals surface area contributed by atoms with Gasteiger partial charge in [-0.25, -0.2) is 13.1 Å². The fraction of sp³-hybridized carbons (Fsp3) is 0.450. The summed E-state index contributed by atoms with van der Waals surface area (Å²) in [6, 6.07) is 9.03. The fourth-order valence-corrected chi connectivity index (χ4v) is 5.15. The summed E-state index contributed by atoms with van der Waals surface area (Å²) in [5.41, 5.74) is 1.43. The van der Waals surface area contributed by atoms with Crippen LogP contribution in [0, 0.1) is 5.92 Å². The number of benzene rings is 1. The van der Waals surface area contributed by atoms with E-state index in [1.165, 1.54) is 0 Å². The standard InChI is InChI=1S/C20H26N2O3S2/c1-14(2)19(23)22-13-20(3,4)17-12-16(7-8-18(17)22)27(24,25)21-10-9-15-6-5-11-26-15/h5-8,11-12,14,21H,9-10,13H2,1-4H3. The Morgan fingerprint density at radius 1 is 1.30 bits per heavy atom. The van der Waals surface area contributed by atoms with E-state index in [9.17, 15) is 13.2 Å². The van der Waals surface area contributed by atoms with E-state index < -0.39 is 10.0 Å². The molecule has 0 fully saturated rings. The van der Waals surface area contributed by atoms with E-state index in [-0.39, 0.29) is 22.1 Å². The zero-order chi connectivity index (χ0) is 19.8. The fourth-order valence-electron chi connectivity index (χ4n) is 3.38. The highest BCUT2D eigenvalue weighted by molar-refractivity contribution is 7.89. The van der Waals surface area contributed by atoms with Crippen LogP contribution in [0.5, 0.6) is 0 Å². The molecule has 0 saturated carbocycles. The highest BCUT2D eigenvalue weighted by atomic mass is 32.2. The van der Waals surface area contributed by atoms with Crippen LogP contribution in [0.15, 0.2) is 40.6 Å². The Kier molecular flexibility index (Phi) is 5.47. The average Bonchev–Trinajstić information content (AvgIpc) is 3.20. The molecule has 0 unspecified atom stereocenters. The minimum absolute atomic E-state index is 0.0616. The third-order valence-corrected chi connectivity index (χ3v) is 7.25. The smallest absolute Gasteiger partial charge is 0.240 e. The molecule has 0 saturated heterocycles. The van der Waals surface area contributed by atoms with Gasteiger partial charge in [-0.3, -0.25) is 4.79 Å². The van der Waals surface area contributed by atoms with Crippen molar-refractivity contribution >= 4 is 33.0 Å². The summed E-state index contributed by atoms with van der Waals surface area (Å²) in [6.45, 7) is 8.77. The molecule has 27 heavy (non-hydrogen) atoms. The second-order valence-corrected chi connectivity index (χ2v) is 10.7. The number of carbonyl (C=O) groups excluding carboxylic acids is 1. The van der Waals surface area contributed by atoms with Gasteiger partial charge < -0.3 is 4.90 Å². The minimum Gasteiger partial charge on any atom is -0.311 e. The van der Waals surface area contributed by atoms with Crippen LogP contribution in [0.3, 0.4) is 0 Å². The van der Waals surface area contributed by atoms with Crippen molar-refractivity contribution in [2.75, 3.05) is 18.0 Å². The van der Waals surface area contributed by atoms with Gasteiger partial charge in [0.25, 0.3) is 0 Å². The van der Waals surface area contributed by atoms with E-state index in [1.54, 1.807) is 34.4 Å². The van der Waals surface area contributed by atoms with Crippen LogP contribution in [0.25, 0.3) is 0 Å². The Labute approximate surface area is 165 Å². The highest BCUT2D eigenvalue weighted by Crippen LogP contribution is 2.42. The van der Waals surface area contributed by atoms with Crippen molar-refractivity contribution in [1.29, 1.82) is 0 Å². The lowest BCUT2D eigenvalue weighted by molar-refractivity contribution is -0.121. The summed E-state index contributed by atoms with van der Waals surface area (Å²) in [5, 5.41) is 1.98. The van der Waals surface area contributed by atoms with Crippen LogP contribution in [0.2, 0.25) is 0 Å². The number of nitrogens with zero attached hydrogens (tertiary/aromatic N) is 1. The van der Waals surface area contributed by atoms with Crippen molar-refractivity contribution in [3.8, 4) is 0 Å². The Hall–Kier alpha value is -1.70. The molecule has 3 rings (SSSR count). The first-order chi connectivity index (χ1) is 12.6. The van der Waals surface area contributed by atoms with Crippen LogP contribution < -0.4 is 9.62 Å². The number of sulfonamides is 1. The molecule has 0 radical (unpaired) electrons. The van der Waals surface area contributed by atoms with Gasteiger partial charge in [-0.05, 0) is 41.6 Å². The zero-order valence-electron chi connectivity index (χ0n) is 16.2. The molecule has 0 spiro atoms. The van der Waals surface area contributed by atoms with Crippen LogP contribution in [-0.4, -0.2) is 27.4 Å². The van der Waals surface area contributed by atoms with Gasteiger partial charge in [0, 0.05) is 35.0 Å². The van der Waals surface area contributed by atoms with Gasteiger partial charge in [0.05, 0.1) is 4.90 Å². The van der Waals surface area contributed by atoms with Gasteiger partial charge in [-0.2, -0.15) is 0 Å². The number of thiophene rings is 1. The number of nitrogens with one attached hydrogen (secondary N) is 1. The lowest BCUT2D eigenvalue weighted by Crippen LogP contribution is -2.36. The second kappa shape index (κ2) is 7.37. The number of hydrogen-bond donors (Lipinski definition) is 1. The van der Waals surface area contributed by atoms with E-state index in [1.807, 2.05) is 45.2 Å². The first-order valence-corrected chi connectivity index (χ1v) is 11.5. The van der Waals surface area contributed by atoms with Crippen molar-refractivity contribution < 1.29 is 13.2 Å². The molecular weight excluding hydrogens is 380 g/mol. The molecule has 5 nitrogen and oxygen atoms in total. The van der Waals surface area contributed by atoms with Crippen molar-refractivity contribution in [2.24, 2.45) is 5.92 Å². The maximum Gasteiger partial charge on any atom is 0.240 e. The molecule has 0 aliphatic carbocycles. The van der Waals surface area contributed by atoms with Crippen molar-refractivity contribution in [2.45, 2.75) is 44.4 Å². The highest BCUT2D eigenvalue weighted by Gasteiger charge is 2.39. The van der Waals surface area contributed by atoms with Gasteiger partial charge in [0.2, 0.25) is 15.9 Å². The van der Waals surface area contributed by atoms with Crippen molar-refractivity contribution in [3.05, 3.63) is 46.2 Å². The average molecular weight is 407 g/mol. The van der Waals surface area contributed by atoms with Crippen LogP contribution in [0.4, 0.5) is 5.69 Å². The predicted molar refractivity (Wildman–Crippen MR) is 110 cm³/mol. The SMILES string of the molecule is CC(C)C(=O)N1CC(C)(C)c2cc(S(=O)(=O)NCCc3cccs3)ccc21. The number of rotatable bonds is 6. The summed E-state index contributed by atoms with van der Waals surface area (Å²) >= 11 is 1.62. The van der Waals surface area contributed by atoms with Crippen LogP contribution in [0.1, 0.15) is 38.1 Å². The summed E-state index contributed by atoms with van der Waals surface area (Å²) in [4.78, 5) is 15.7. The third-order valence-electron chi connectivity index (χ3n) is 4.86. The normalized spacial score (nSPS) is 16.0. The topological polar surface area (TPSA) is 66.5 Å². The zero-order valence-corrected chi connectivity index (χ0v) is 17.8. The molecule has 1 aliphatic heterocycles. The number of fused-ring (bicyclic) bond motifs is 1. The van der Waals surface area contributed by atoms with Crippen LogP contribution >= 0.6 is 11.3 Å². The second-order valence-electron chi connectivity index (χ2n) is 7.87. The van der Waals surface area contributed by atoms with Gasteiger partial charge in [-0.15, -0.1) is 11.3 Å². The lowest BCUT2D eigenvalue weighted by Gasteiger charge is -2.22. The Bertz CT molecular complexity index is 932. The Morgan fingerprint density at radius 3 is 2.67 bits per heavy atom. The first kappa shape index (κ1) is 20.0. The predicted octanol–water partition coefficient (Wildman–Crippen LogP) is 3.55. The van der Waals surface area contributed by atoms with Gasteiger partial charge in [0.1, 0.15) is 0 Å². The molecular formula is C20H26N2O3S2. The van der Waals surface area contributed by atoms with Crippen molar-refractivity contribution in [1.82, 2.24) is 4.72 Å². The summed E-state index contributed by atoms with van der Waals surface area (Å²) in [6.07, 6.45) is 0.671. The summed E-state index contributed by atoms with van der Waals surface area (Å²) in [7, 11) is -3.59. The molecule has 1 aromatic carbocycles. The van der Waals surface area contributed by atoms with Crippen molar-refractivity contribution in [3.63, 3.8) is 0 Å². The van der Waals surface area contributed by atoms with E-state index in [0.717, 1.165) is 16.1 Å². The number of anilines is 1. The molecule has 146 valence electrons. The summed E-state index contributed by atoms with van der Waals surface area (Å²) in [5.74, 6) is -0.0411. The molecule has 1 aromatic heterocycles. The number of hydrogen-bond acceptors (Lipinski definition) is 4. The molecule has 2 heterocycles. The first-order valence-electron chi connectivity index (χ1n) is 9.10. The lowest BCUT2D eigenvalue weighted by atomic mass is 9.87. The quantitative estimate of drug-likeness (QED) is 0.798. The largest absolute Gasteiger partial charge is 0.311 e. The van der Waals surface area contributed by atoms with Gasteiger partial charge in [0.15, 0.2) is 0 Å². The molecule has 2 aromatic rings. The maximum atomic E-state index is 12.7.